The van der Waals surface area contributed by atoms with E-state index in [1.54, 1.807) is 0 Å². The van der Waals surface area contributed by atoms with Crippen LogP contribution in [-0.4, -0.2) is 23.1 Å². The second-order valence-corrected chi connectivity index (χ2v) is 0. The van der Waals surface area contributed by atoms with Crippen molar-refractivity contribution in [3.05, 3.63) is 0 Å². The van der Waals surface area contributed by atoms with Crippen LogP contribution >= 0.6 is 0 Å². The Morgan fingerprint density at radius 3 is 0.750 bits per heavy atom. The zero-order valence-corrected chi connectivity index (χ0v) is 6.35. The molecule has 0 fully saturated rings. The molecular weight excluding hydrogens is 145 g/mol. The van der Waals surface area contributed by atoms with Crippen molar-refractivity contribution in [3.63, 3.8) is 0 Å². The molecule has 0 aliphatic rings. The first-order valence-electron chi connectivity index (χ1n) is 0. The smallest absolute Gasteiger partial charge is 2.00 e. The molecule has 4 heavy (non-hydrogen) atoms. The summed E-state index contributed by atoms with van der Waals surface area (Å²) in [5, 5.41) is 0. The van der Waals surface area contributed by atoms with Gasteiger partial charge in [0.15, 0.2) is 0 Å². The fourth-order valence-corrected chi connectivity index (χ4v) is 0. The van der Waals surface area contributed by atoms with Gasteiger partial charge in [-0.25, -0.2) is 0 Å². The molecule has 0 aromatic carbocycles. The monoisotopic (exact) mass is 145 g/mol. The molecule has 0 rings (SSSR count). The van der Waals surface area contributed by atoms with E-state index < -0.39 is 0 Å². The molecule has 0 aromatic heterocycles. The Hall–Kier alpha value is 1.79. The summed E-state index contributed by atoms with van der Waals surface area (Å²) in [6.07, 6.45) is 0. The van der Waals surface area contributed by atoms with Gasteiger partial charge in [-0.2, -0.15) is 0 Å². The first-order valence-corrected chi connectivity index (χ1v) is 0. The van der Waals surface area contributed by atoms with Crippen LogP contribution < -0.4 is 0 Å². The van der Waals surface area contributed by atoms with Crippen LogP contribution in [0, 0.1) is 0 Å². The van der Waals surface area contributed by atoms with Gasteiger partial charge in [-0.3, -0.25) is 0 Å². The Morgan fingerprint density at radius 2 is 0.750 bits per heavy atom. The van der Waals surface area contributed by atoms with E-state index in [0.29, 0.717) is 0 Å². The van der Waals surface area contributed by atoms with Crippen molar-refractivity contribution in [2.45, 2.75) is 0 Å². The van der Waals surface area contributed by atoms with Crippen molar-refractivity contribution in [2.75, 3.05) is 0 Å². The van der Waals surface area contributed by atoms with Crippen LogP contribution in [0.4, 0.5) is 0 Å². The molecule has 0 saturated carbocycles. The van der Waals surface area contributed by atoms with Gasteiger partial charge >= 0.3 is 55.8 Å². The topological polar surface area (TPSA) is 57.0 Å². The predicted octanol–water partition coefficient (Wildman–Crippen LogP) is -0.621. The predicted molar refractivity (Wildman–Crippen MR) is 7.13 cm³/mol. The largest absolute Gasteiger partial charge is 3.00 e. The van der Waals surface area contributed by atoms with Gasteiger partial charge in [-0.1, -0.05) is 0 Å². The van der Waals surface area contributed by atoms with Gasteiger partial charge < -0.3 is 11.0 Å². The second kappa shape index (κ2) is 21.5. The maximum atomic E-state index is 0. The van der Waals surface area contributed by atoms with Crippen molar-refractivity contribution >= 4 is 23.1 Å². The summed E-state index contributed by atoms with van der Waals surface area (Å²) in [5.74, 6) is 0. The van der Waals surface area contributed by atoms with Gasteiger partial charge in [0, 0.05) is 0 Å². The fourth-order valence-electron chi connectivity index (χ4n) is 0. The minimum Gasteiger partial charge on any atom is -2.00 e. The maximum absolute atomic E-state index is 0. The Bertz CT molecular complexity index is 6.00. The van der Waals surface area contributed by atoms with Gasteiger partial charge in [0.1, 0.15) is 0 Å². The van der Waals surface area contributed by atoms with Gasteiger partial charge in [-0.05, 0) is 0 Å². The molecule has 0 radical (unpaired) electrons. The van der Waals surface area contributed by atoms with E-state index in [-0.39, 0.29) is 66.7 Å². The van der Waals surface area contributed by atoms with Crippen LogP contribution in [0.5, 0.6) is 0 Å². The zero-order chi connectivity index (χ0) is 0. The summed E-state index contributed by atoms with van der Waals surface area (Å²) in [6, 6.07) is 0. The summed E-state index contributed by atoms with van der Waals surface area (Å²) < 4.78 is 0. The van der Waals surface area contributed by atoms with Crippen molar-refractivity contribution < 1.29 is 43.7 Å². The molecule has 0 N–H and O–H groups in total. The van der Waals surface area contributed by atoms with Crippen LogP contribution in [0.25, 0.3) is 0 Å². The summed E-state index contributed by atoms with van der Waals surface area (Å²) in [7, 11) is 0. The summed E-state index contributed by atoms with van der Waals surface area (Å²) >= 11 is 0. The molecule has 0 aromatic rings. The Labute approximate surface area is 66.0 Å². The molecule has 0 bridgehead atoms. The van der Waals surface area contributed by atoms with E-state index in [2.05, 4.69) is 0 Å². The van der Waals surface area contributed by atoms with Gasteiger partial charge in [0.25, 0.3) is 0 Å². The zero-order valence-electron chi connectivity index (χ0n) is 2.10. The van der Waals surface area contributed by atoms with Crippen LogP contribution in [0.1, 0.15) is 0 Å². The third kappa shape index (κ3) is 9.21. The molecule has 0 aliphatic heterocycles. The number of rotatable bonds is 0. The molecule has 0 aliphatic carbocycles. The van der Waals surface area contributed by atoms with Crippen molar-refractivity contribution in [1.29, 1.82) is 0 Å². The first kappa shape index (κ1) is 41.5. The minimum atomic E-state index is 0. The fraction of sp³-hybridized carbons (Fsp3) is 0. The van der Waals surface area contributed by atoms with Gasteiger partial charge in [0.05, 0.1) is 0 Å². The van der Waals surface area contributed by atoms with E-state index in [0.717, 1.165) is 0 Å². The molecule has 0 amide bonds. The first-order chi connectivity index (χ1) is 0. The summed E-state index contributed by atoms with van der Waals surface area (Å²) in [4.78, 5) is 0. The summed E-state index contributed by atoms with van der Waals surface area (Å²) in [6.45, 7) is 0. The van der Waals surface area contributed by atoms with E-state index in [9.17, 15) is 0 Å². The van der Waals surface area contributed by atoms with Crippen molar-refractivity contribution in [3.8, 4) is 0 Å². The van der Waals surface area contributed by atoms with Crippen LogP contribution in [0.3, 0.4) is 0 Å². The third-order valence-electron chi connectivity index (χ3n) is 0. The van der Waals surface area contributed by atoms with Gasteiger partial charge in [-0.15, -0.1) is 0 Å². The molecule has 0 spiro atoms. The quantitative estimate of drug-likeness (QED) is 0.408. The molecule has 0 saturated heterocycles. The average molecular weight is 145 g/mol. The standard InChI is InChI=1S/Mg.2O.Y/q+2;2*-2;+3. The SMILES string of the molecule is [Mg+2].[O-2].[O-2].[Y+3]. The third-order valence-corrected chi connectivity index (χ3v) is 0. The molecule has 2 nitrogen and oxygen atoms in total. The van der Waals surface area contributed by atoms with E-state index >= 15 is 0 Å². The van der Waals surface area contributed by atoms with Gasteiger partial charge in [0.2, 0.25) is 0 Å². The van der Waals surface area contributed by atoms with Crippen LogP contribution in [0.2, 0.25) is 0 Å². The van der Waals surface area contributed by atoms with E-state index in [1.807, 2.05) is 0 Å². The molecular formula is MgO2Y+. The molecule has 0 unspecified atom stereocenters. The minimum absolute atomic E-state index is 0. The number of hydrogen-bond donors (Lipinski definition) is 0. The molecule has 0 atom stereocenters. The Balaban J connectivity index is 0. The van der Waals surface area contributed by atoms with E-state index in [4.69, 9.17) is 0 Å². The second-order valence-electron chi connectivity index (χ2n) is 0. The Morgan fingerprint density at radius 1 is 0.750 bits per heavy atom. The number of hydrogen-bond acceptors (Lipinski definition) is 0. The van der Waals surface area contributed by atoms with Crippen LogP contribution in [0.15, 0.2) is 0 Å². The van der Waals surface area contributed by atoms with E-state index in [1.165, 1.54) is 0 Å². The van der Waals surface area contributed by atoms with Crippen LogP contribution in [-0.2, 0) is 43.7 Å². The normalized spacial score (nSPS) is 0. The molecule has 0 heterocycles. The molecule has 4 heteroatoms. The van der Waals surface area contributed by atoms with Crippen molar-refractivity contribution in [2.24, 2.45) is 0 Å². The van der Waals surface area contributed by atoms with Crippen molar-refractivity contribution in [1.82, 2.24) is 0 Å². The molecule has 16 valence electrons. The summed E-state index contributed by atoms with van der Waals surface area (Å²) in [5.41, 5.74) is 0. The Kier molecular flexibility index (Phi) is 223. The maximum Gasteiger partial charge on any atom is 3.00 e. The average Bonchev–Trinajstić information content (AvgIpc) is 0.